The third-order valence-electron chi connectivity index (χ3n) is 2.61. The molecule has 0 atom stereocenters. The van der Waals surface area contributed by atoms with Crippen LogP contribution in [0.1, 0.15) is 24.1 Å². The number of methoxy groups -OCH3 is 1. The molecule has 0 saturated heterocycles. The van der Waals surface area contributed by atoms with Gasteiger partial charge in [0, 0.05) is 12.0 Å². The maximum absolute atomic E-state index is 11.8. The molecule has 1 aliphatic carbocycles. The van der Waals surface area contributed by atoms with Crippen LogP contribution in [0, 0.1) is 5.21 Å². The van der Waals surface area contributed by atoms with Crippen molar-refractivity contribution in [2.24, 2.45) is 0 Å². The van der Waals surface area contributed by atoms with E-state index in [4.69, 9.17) is 4.74 Å². The van der Waals surface area contributed by atoms with E-state index in [2.05, 4.69) is 15.9 Å². The number of halogens is 1. The van der Waals surface area contributed by atoms with Crippen LogP contribution in [-0.2, 0) is 12.8 Å². The standard InChI is InChI=1S/C10H12BrNO2/c1-14-10-8(11)6-7-4-2-3-5-9(7)12(10)13/h6H,2-5H2,1H3. The molecule has 0 bridgehead atoms. The molecular weight excluding hydrogens is 246 g/mol. The SMILES string of the molecule is COc1c(Br)cc2c([n+]1[O-])CCCC2. The highest BCUT2D eigenvalue weighted by atomic mass is 79.9. The molecule has 0 saturated carbocycles. The number of pyridine rings is 1. The van der Waals surface area contributed by atoms with Crippen LogP contribution >= 0.6 is 15.9 Å². The Hall–Kier alpha value is -0.770. The normalized spacial score (nSPS) is 15.0. The molecule has 1 aromatic rings. The fourth-order valence-corrected chi connectivity index (χ4v) is 2.51. The summed E-state index contributed by atoms with van der Waals surface area (Å²) in [7, 11) is 1.52. The van der Waals surface area contributed by atoms with Crippen LogP contribution in [0.15, 0.2) is 10.5 Å². The quantitative estimate of drug-likeness (QED) is 0.570. The molecule has 0 aliphatic heterocycles. The van der Waals surface area contributed by atoms with Crippen molar-refractivity contribution in [2.45, 2.75) is 25.7 Å². The smallest absolute Gasteiger partial charge is 0.394 e. The lowest BCUT2D eigenvalue weighted by atomic mass is 9.96. The molecule has 0 radical (unpaired) electrons. The summed E-state index contributed by atoms with van der Waals surface area (Å²) >= 11 is 3.34. The summed E-state index contributed by atoms with van der Waals surface area (Å²) in [5, 5.41) is 11.8. The average Bonchev–Trinajstić information content (AvgIpc) is 2.18. The summed E-state index contributed by atoms with van der Waals surface area (Å²) in [6, 6.07) is 2.00. The molecule has 0 N–H and O–H groups in total. The zero-order valence-corrected chi connectivity index (χ0v) is 9.63. The van der Waals surface area contributed by atoms with Crippen LogP contribution < -0.4 is 9.47 Å². The molecule has 2 rings (SSSR count). The zero-order valence-electron chi connectivity index (χ0n) is 8.05. The molecule has 1 aromatic heterocycles. The molecular formula is C10H12BrNO2. The Bertz CT molecular complexity index is 366. The third-order valence-corrected chi connectivity index (χ3v) is 3.18. The summed E-state index contributed by atoms with van der Waals surface area (Å²) < 4.78 is 6.71. The first kappa shape index (κ1) is 9.77. The number of ether oxygens (including phenoxy) is 1. The first-order chi connectivity index (χ1) is 6.74. The van der Waals surface area contributed by atoms with Crippen molar-refractivity contribution in [3.63, 3.8) is 0 Å². The fraction of sp³-hybridized carbons (Fsp3) is 0.500. The predicted molar refractivity (Wildman–Crippen MR) is 56.3 cm³/mol. The van der Waals surface area contributed by atoms with Crippen LogP contribution in [0.5, 0.6) is 5.88 Å². The van der Waals surface area contributed by atoms with E-state index < -0.39 is 0 Å². The van der Waals surface area contributed by atoms with Gasteiger partial charge >= 0.3 is 5.88 Å². The Morgan fingerprint density at radius 3 is 2.86 bits per heavy atom. The molecule has 0 spiro atoms. The van der Waals surface area contributed by atoms with Gasteiger partial charge in [0.05, 0.1) is 7.11 Å². The van der Waals surface area contributed by atoms with Gasteiger partial charge in [0.25, 0.3) is 0 Å². The van der Waals surface area contributed by atoms with Crippen molar-refractivity contribution in [2.75, 3.05) is 7.11 Å². The van der Waals surface area contributed by atoms with Crippen LogP contribution in [0.3, 0.4) is 0 Å². The van der Waals surface area contributed by atoms with Gasteiger partial charge in [-0.1, -0.05) is 0 Å². The van der Waals surface area contributed by atoms with Gasteiger partial charge in [0.15, 0.2) is 5.69 Å². The summed E-state index contributed by atoms with van der Waals surface area (Å²) in [4.78, 5) is 0. The lowest BCUT2D eigenvalue weighted by Gasteiger charge is -2.16. The second-order valence-electron chi connectivity index (χ2n) is 3.47. The molecule has 0 amide bonds. The number of aromatic nitrogens is 1. The molecule has 76 valence electrons. The molecule has 0 unspecified atom stereocenters. The van der Waals surface area contributed by atoms with E-state index >= 15 is 0 Å². The maximum atomic E-state index is 11.8. The largest absolute Gasteiger partial charge is 0.616 e. The Labute approximate surface area is 91.4 Å². The molecule has 0 aromatic carbocycles. The van der Waals surface area contributed by atoms with Crippen LogP contribution in [0.2, 0.25) is 0 Å². The van der Waals surface area contributed by atoms with E-state index in [1.165, 1.54) is 13.5 Å². The Balaban J connectivity index is 2.57. The van der Waals surface area contributed by atoms with Gasteiger partial charge in [0.1, 0.15) is 4.47 Å². The molecule has 4 heteroatoms. The van der Waals surface area contributed by atoms with E-state index in [-0.39, 0.29) is 0 Å². The van der Waals surface area contributed by atoms with Gasteiger partial charge in [-0.05, 0) is 41.3 Å². The summed E-state index contributed by atoms with van der Waals surface area (Å²) in [5.74, 6) is 0.366. The molecule has 3 nitrogen and oxygen atoms in total. The van der Waals surface area contributed by atoms with Crippen molar-refractivity contribution in [1.82, 2.24) is 0 Å². The monoisotopic (exact) mass is 257 g/mol. The topological polar surface area (TPSA) is 36.2 Å². The van der Waals surface area contributed by atoms with E-state index in [9.17, 15) is 5.21 Å². The number of aryl methyl sites for hydroxylation is 1. The Morgan fingerprint density at radius 1 is 1.43 bits per heavy atom. The number of rotatable bonds is 1. The van der Waals surface area contributed by atoms with Crippen LogP contribution in [0.4, 0.5) is 0 Å². The Kier molecular flexibility index (Phi) is 2.63. The van der Waals surface area contributed by atoms with Gasteiger partial charge in [-0.15, -0.1) is 4.73 Å². The zero-order chi connectivity index (χ0) is 10.1. The lowest BCUT2D eigenvalue weighted by molar-refractivity contribution is -0.622. The summed E-state index contributed by atoms with van der Waals surface area (Å²) in [5.41, 5.74) is 2.02. The highest BCUT2D eigenvalue weighted by Gasteiger charge is 2.23. The second-order valence-corrected chi connectivity index (χ2v) is 4.33. The van der Waals surface area contributed by atoms with Crippen LogP contribution in [0.25, 0.3) is 0 Å². The third kappa shape index (κ3) is 1.47. The van der Waals surface area contributed by atoms with E-state index in [0.29, 0.717) is 5.88 Å². The predicted octanol–water partition coefficient (Wildman–Crippen LogP) is 1.97. The molecule has 1 aliphatic rings. The number of nitrogens with zero attached hydrogens (tertiary/aromatic N) is 1. The molecule has 1 heterocycles. The van der Waals surface area contributed by atoms with Gasteiger partial charge in [0.2, 0.25) is 0 Å². The van der Waals surface area contributed by atoms with Crippen molar-refractivity contribution < 1.29 is 9.47 Å². The Morgan fingerprint density at radius 2 is 2.14 bits per heavy atom. The molecule has 0 fully saturated rings. The van der Waals surface area contributed by atoms with E-state index in [1.54, 1.807) is 0 Å². The van der Waals surface area contributed by atoms with Crippen LogP contribution in [-0.4, -0.2) is 7.11 Å². The average molecular weight is 258 g/mol. The highest BCUT2D eigenvalue weighted by molar-refractivity contribution is 9.10. The van der Waals surface area contributed by atoms with Crippen molar-refractivity contribution in [1.29, 1.82) is 0 Å². The van der Waals surface area contributed by atoms with Gasteiger partial charge < -0.3 is 9.94 Å². The van der Waals surface area contributed by atoms with Crippen molar-refractivity contribution in [3.8, 4) is 5.88 Å². The first-order valence-corrected chi connectivity index (χ1v) is 5.51. The minimum atomic E-state index is 0.366. The summed E-state index contributed by atoms with van der Waals surface area (Å²) in [6.45, 7) is 0. The number of hydrogen-bond donors (Lipinski definition) is 0. The summed E-state index contributed by atoms with van der Waals surface area (Å²) in [6.07, 6.45) is 4.13. The van der Waals surface area contributed by atoms with Gasteiger partial charge in [-0.2, -0.15) is 0 Å². The van der Waals surface area contributed by atoms with E-state index in [0.717, 1.165) is 39.7 Å². The van der Waals surface area contributed by atoms with Crippen molar-refractivity contribution >= 4 is 15.9 Å². The lowest BCUT2D eigenvalue weighted by Crippen LogP contribution is -2.36. The number of hydrogen-bond acceptors (Lipinski definition) is 2. The number of fused-ring (bicyclic) bond motifs is 1. The van der Waals surface area contributed by atoms with Crippen molar-refractivity contribution in [3.05, 3.63) is 27.0 Å². The van der Waals surface area contributed by atoms with Gasteiger partial charge in [-0.25, -0.2) is 0 Å². The minimum Gasteiger partial charge on any atom is -0.616 e. The van der Waals surface area contributed by atoms with E-state index in [1.807, 2.05) is 6.07 Å². The first-order valence-electron chi connectivity index (χ1n) is 4.72. The maximum Gasteiger partial charge on any atom is 0.394 e. The second kappa shape index (κ2) is 3.77. The molecule has 14 heavy (non-hydrogen) atoms. The van der Waals surface area contributed by atoms with Gasteiger partial charge in [-0.3, -0.25) is 0 Å². The minimum absolute atomic E-state index is 0.366. The highest BCUT2D eigenvalue weighted by Crippen LogP contribution is 2.27. The fourth-order valence-electron chi connectivity index (χ4n) is 1.91.